The van der Waals surface area contributed by atoms with Gasteiger partial charge in [-0.3, -0.25) is 14.5 Å². The van der Waals surface area contributed by atoms with Gasteiger partial charge in [-0.25, -0.2) is 4.39 Å². The van der Waals surface area contributed by atoms with Crippen molar-refractivity contribution in [3.63, 3.8) is 0 Å². The first-order valence-electron chi connectivity index (χ1n) is 7.94. The molecule has 1 aliphatic rings. The van der Waals surface area contributed by atoms with Crippen molar-refractivity contribution >= 4 is 23.2 Å². The quantitative estimate of drug-likeness (QED) is 0.931. The topological polar surface area (TPSA) is 58.6 Å². The van der Waals surface area contributed by atoms with Gasteiger partial charge in [-0.15, -0.1) is 0 Å². The molecule has 0 spiro atoms. The van der Waals surface area contributed by atoms with E-state index in [0.717, 1.165) is 5.56 Å². The van der Waals surface area contributed by atoms with Gasteiger partial charge in [0.2, 0.25) is 5.91 Å². The Labute approximate surface area is 145 Å². The summed E-state index contributed by atoms with van der Waals surface area (Å²) in [7, 11) is 0. The second-order valence-corrected chi connectivity index (χ2v) is 6.50. The van der Waals surface area contributed by atoms with Gasteiger partial charge in [0, 0.05) is 0 Å². The molecule has 0 atom stereocenters. The van der Waals surface area contributed by atoms with E-state index in [0.29, 0.717) is 11.4 Å². The molecule has 2 amide bonds. The second-order valence-electron chi connectivity index (χ2n) is 6.50. The van der Waals surface area contributed by atoms with Crippen LogP contribution in [0.3, 0.4) is 0 Å². The number of halogens is 1. The number of hydrogen-bond donors (Lipinski definition) is 1. The fourth-order valence-corrected chi connectivity index (χ4v) is 2.73. The Balaban J connectivity index is 1.88. The third-order valence-corrected chi connectivity index (χ3v) is 3.98. The van der Waals surface area contributed by atoms with Crippen LogP contribution >= 0.6 is 0 Å². The summed E-state index contributed by atoms with van der Waals surface area (Å²) in [4.78, 5) is 26.5. The minimum atomic E-state index is -1.08. The molecule has 1 aliphatic heterocycles. The van der Waals surface area contributed by atoms with E-state index >= 15 is 0 Å². The molecule has 25 heavy (non-hydrogen) atoms. The number of para-hydroxylation sites is 1. The van der Waals surface area contributed by atoms with Crippen LogP contribution in [0.4, 0.5) is 15.8 Å². The van der Waals surface area contributed by atoms with Crippen molar-refractivity contribution in [2.75, 3.05) is 16.8 Å². The van der Waals surface area contributed by atoms with Crippen LogP contribution in [0.1, 0.15) is 19.4 Å². The highest BCUT2D eigenvalue weighted by molar-refractivity contribution is 6.07. The van der Waals surface area contributed by atoms with Crippen molar-refractivity contribution in [1.82, 2.24) is 0 Å². The molecule has 0 fully saturated rings. The van der Waals surface area contributed by atoms with E-state index in [1.807, 2.05) is 13.0 Å². The predicted octanol–water partition coefficient (Wildman–Crippen LogP) is 3.28. The highest BCUT2D eigenvalue weighted by atomic mass is 19.1. The third-order valence-electron chi connectivity index (χ3n) is 3.98. The molecular weight excluding hydrogens is 323 g/mol. The maximum absolute atomic E-state index is 13.7. The number of carbonyl (C=O) groups is 2. The zero-order valence-electron chi connectivity index (χ0n) is 14.3. The van der Waals surface area contributed by atoms with Gasteiger partial charge in [-0.1, -0.05) is 18.2 Å². The van der Waals surface area contributed by atoms with E-state index in [4.69, 9.17) is 4.74 Å². The average molecular weight is 342 g/mol. The minimum absolute atomic E-state index is 0.0805. The fraction of sp³-hybridized carbons (Fsp3) is 0.263. The molecule has 2 aromatic rings. The zero-order chi connectivity index (χ0) is 18.2. The normalized spacial score (nSPS) is 15.4. The Hall–Kier alpha value is -2.89. The highest BCUT2D eigenvalue weighted by Gasteiger charge is 2.41. The number of ether oxygens (including phenoxy) is 1. The molecule has 0 radical (unpaired) electrons. The molecule has 2 aromatic carbocycles. The van der Waals surface area contributed by atoms with Crippen LogP contribution in [0, 0.1) is 12.7 Å². The number of anilines is 2. The van der Waals surface area contributed by atoms with E-state index in [2.05, 4.69) is 5.32 Å². The Morgan fingerprint density at radius 1 is 1.24 bits per heavy atom. The summed E-state index contributed by atoms with van der Waals surface area (Å²) >= 11 is 0. The standard InChI is InChI=1S/C19H19FN2O3/c1-12-8-9-16-15(10-12)22(18(24)19(2,3)25-16)11-17(23)21-14-7-5-4-6-13(14)20/h4-10H,11H2,1-3H3,(H,21,23). The molecule has 0 saturated carbocycles. The van der Waals surface area contributed by atoms with Crippen LogP contribution in [0.5, 0.6) is 5.75 Å². The molecule has 6 heteroatoms. The van der Waals surface area contributed by atoms with Gasteiger partial charge in [0.1, 0.15) is 18.1 Å². The Morgan fingerprint density at radius 3 is 2.68 bits per heavy atom. The fourth-order valence-electron chi connectivity index (χ4n) is 2.73. The number of amides is 2. The lowest BCUT2D eigenvalue weighted by Gasteiger charge is -2.38. The molecule has 5 nitrogen and oxygen atoms in total. The van der Waals surface area contributed by atoms with Crippen molar-refractivity contribution in [2.45, 2.75) is 26.4 Å². The van der Waals surface area contributed by atoms with E-state index in [1.165, 1.54) is 23.1 Å². The average Bonchev–Trinajstić information content (AvgIpc) is 2.55. The van der Waals surface area contributed by atoms with Crippen LogP contribution in [0.25, 0.3) is 0 Å². The summed E-state index contributed by atoms with van der Waals surface area (Å²) in [6.07, 6.45) is 0. The number of rotatable bonds is 3. The SMILES string of the molecule is Cc1ccc2c(c1)N(CC(=O)Nc1ccccc1F)C(=O)C(C)(C)O2. The van der Waals surface area contributed by atoms with E-state index in [-0.39, 0.29) is 18.1 Å². The molecular formula is C19H19FN2O3. The van der Waals surface area contributed by atoms with Crippen molar-refractivity contribution in [3.8, 4) is 5.75 Å². The Kier molecular flexibility index (Phi) is 4.20. The lowest BCUT2D eigenvalue weighted by molar-refractivity contribution is -0.133. The number of nitrogens with one attached hydrogen (secondary N) is 1. The molecule has 0 saturated heterocycles. The van der Waals surface area contributed by atoms with Crippen LogP contribution < -0.4 is 15.0 Å². The molecule has 0 aliphatic carbocycles. The second kappa shape index (κ2) is 6.20. The summed E-state index contributed by atoms with van der Waals surface area (Å²) in [5.74, 6) is -0.799. The van der Waals surface area contributed by atoms with Crippen LogP contribution in [-0.2, 0) is 9.59 Å². The van der Waals surface area contributed by atoms with Crippen molar-refractivity contribution in [3.05, 3.63) is 53.8 Å². The predicted molar refractivity (Wildman–Crippen MR) is 93.3 cm³/mol. The van der Waals surface area contributed by atoms with Crippen molar-refractivity contribution in [1.29, 1.82) is 0 Å². The summed E-state index contributed by atoms with van der Waals surface area (Å²) in [6, 6.07) is 11.3. The van der Waals surface area contributed by atoms with Crippen molar-refractivity contribution < 1.29 is 18.7 Å². The van der Waals surface area contributed by atoms with Gasteiger partial charge >= 0.3 is 0 Å². The molecule has 0 unspecified atom stereocenters. The first-order chi connectivity index (χ1) is 11.8. The number of fused-ring (bicyclic) bond motifs is 1. The first-order valence-corrected chi connectivity index (χ1v) is 7.94. The first kappa shape index (κ1) is 17.0. The lowest BCUT2D eigenvalue weighted by Crippen LogP contribution is -2.54. The van der Waals surface area contributed by atoms with Gasteiger partial charge in [-0.05, 0) is 50.6 Å². The molecule has 0 bridgehead atoms. The lowest BCUT2D eigenvalue weighted by atomic mass is 10.0. The summed E-state index contributed by atoms with van der Waals surface area (Å²) in [5, 5.41) is 2.50. The minimum Gasteiger partial charge on any atom is -0.476 e. The highest BCUT2D eigenvalue weighted by Crippen LogP contribution is 2.38. The Bertz CT molecular complexity index is 848. The van der Waals surface area contributed by atoms with Gasteiger partial charge in [0.25, 0.3) is 5.91 Å². The van der Waals surface area contributed by atoms with Gasteiger partial charge in [-0.2, -0.15) is 0 Å². The van der Waals surface area contributed by atoms with Crippen LogP contribution in [0.15, 0.2) is 42.5 Å². The number of aryl methyl sites for hydroxylation is 1. The van der Waals surface area contributed by atoms with Gasteiger partial charge in [0.15, 0.2) is 5.60 Å². The monoisotopic (exact) mass is 342 g/mol. The molecule has 1 N–H and O–H groups in total. The molecule has 130 valence electrons. The van der Waals surface area contributed by atoms with E-state index in [9.17, 15) is 14.0 Å². The largest absolute Gasteiger partial charge is 0.476 e. The van der Waals surface area contributed by atoms with E-state index < -0.39 is 17.3 Å². The molecule has 3 rings (SSSR count). The van der Waals surface area contributed by atoms with E-state index in [1.54, 1.807) is 32.0 Å². The Morgan fingerprint density at radius 2 is 1.96 bits per heavy atom. The maximum atomic E-state index is 13.7. The number of benzene rings is 2. The summed E-state index contributed by atoms with van der Waals surface area (Å²) in [6.45, 7) is 4.97. The summed E-state index contributed by atoms with van der Waals surface area (Å²) in [5.41, 5.74) is 0.472. The van der Waals surface area contributed by atoms with Crippen LogP contribution in [0.2, 0.25) is 0 Å². The smallest absolute Gasteiger partial charge is 0.271 e. The number of nitrogens with zero attached hydrogens (tertiary/aromatic N) is 1. The maximum Gasteiger partial charge on any atom is 0.271 e. The zero-order valence-corrected chi connectivity index (χ0v) is 14.3. The van der Waals surface area contributed by atoms with Crippen LogP contribution in [-0.4, -0.2) is 24.0 Å². The number of hydrogen-bond acceptors (Lipinski definition) is 3. The third kappa shape index (κ3) is 3.33. The summed E-state index contributed by atoms with van der Waals surface area (Å²) < 4.78 is 19.5. The molecule has 1 heterocycles. The molecule has 0 aromatic heterocycles. The van der Waals surface area contributed by atoms with Gasteiger partial charge in [0.05, 0.1) is 11.4 Å². The van der Waals surface area contributed by atoms with Crippen molar-refractivity contribution in [2.24, 2.45) is 0 Å². The van der Waals surface area contributed by atoms with Gasteiger partial charge < -0.3 is 10.1 Å². The number of carbonyl (C=O) groups excluding carboxylic acids is 2.